The van der Waals surface area contributed by atoms with Crippen LogP contribution in [0.15, 0.2) is 0 Å². The van der Waals surface area contributed by atoms with Crippen LogP contribution >= 0.6 is 11.6 Å². The summed E-state index contributed by atoms with van der Waals surface area (Å²) in [4.78, 5) is 15.3. The van der Waals surface area contributed by atoms with E-state index in [1.165, 1.54) is 0 Å². The number of nitrogens with zero attached hydrogens (tertiary/aromatic N) is 1. The van der Waals surface area contributed by atoms with Gasteiger partial charge in [0.25, 0.3) is 0 Å². The lowest BCUT2D eigenvalue weighted by Gasteiger charge is -2.10. The molecule has 0 aliphatic rings. The Balaban J connectivity index is 3.35. The summed E-state index contributed by atoms with van der Waals surface area (Å²) in [7, 11) is 0. The van der Waals surface area contributed by atoms with Crippen molar-refractivity contribution in [3.05, 3.63) is 22.2 Å². The molecule has 0 aromatic carbocycles. The largest absolute Gasteiger partial charge is 0.462 e. The van der Waals surface area contributed by atoms with Crippen LogP contribution in [0.3, 0.4) is 0 Å². The average molecular weight is 247 g/mol. The van der Waals surface area contributed by atoms with E-state index in [0.29, 0.717) is 12.1 Å². The standard InChI is InChI=1S/C10H12ClFN2O2/c1-3-5-6(10(15)16-4-2)8(13)7(12)9(11)14-5/h3-4H2,1-2H3,(H2,13,14). The number of carbonyl (C=O) groups excluding carboxylic acids is 1. The smallest absolute Gasteiger partial charge is 0.342 e. The monoisotopic (exact) mass is 246 g/mol. The normalized spacial score (nSPS) is 10.2. The number of aryl methyl sites for hydroxylation is 1. The highest BCUT2D eigenvalue weighted by Gasteiger charge is 2.22. The zero-order chi connectivity index (χ0) is 12.3. The Hall–Kier alpha value is -1.36. The Morgan fingerprint density at radius 3 is 2.69 bits per heavy atom. The molecule has 0 bridgehead atoms. The highest BCUT2D eigenvalue weighted by Crippen LogP contribution is 2.25. The summed E-state index contributed by atoms with van der Waals surface area (Å²) in [5.74, 6) is -1.57. The molecule has 0 atom stereocenters. The third-order valence-electron chi connectivity index (χ3n) is 2.02. The predicted molar refractivity (Wildman–Crippen MR) is 59.0 cm³/mol. The molecular weight excluding hydrogens is 235 g/mol. The van der Waals surface area contributed by atoms with E-state index < -0.39 is 11.8 Å². The predicted octanol–water partition coefficient (Wildman–Crippen LogP) is 2.20. The van der Waals surface area contributed by atoms with Gasteiger partial charge in [0.2, 0.25) is 0 Å². The maximum absolute atomic E-state index is 13.4. The van der Waals surface area contributed by atoms with E-state index in [9.17, 15) is 9.18 Å². The first kappa shape index (κ1) is 12.7. The van der Waals surface area contributed by atoms with Crippen molar-refractivity contribution >= 4 is 23.3 Å². The molecular formula is C10H12ClFN2O2. The number of halogens is 2. The van der Waals surface area contributed by atoms with Gasteiger partial charge in [-0.15, -0.1) is 0 Å². The summed E-state index contributed by atoms with van der Waals surface area (Å²) < 4.78 is 18.2. The maximum Gasteiger partial charge on any atom is 0.342 e. The Labute approximate surface area is 97.6 Å². The van der Waals surface area contributed by atoms with Gasteiger partial charge in [-0.1, -0.05) is 18.5 Å². The van der Waals surface area contributed by atoms with Gasteiger partial charge >= 0.3 is 5.97 Å². The lowest BCUT2D eigenvalue weighted by Crippen LogP contribution is -2.14. The van der Waals surface area contributed by atoms with Crippen LogP contribution < -0.4 is 5.73 Å². The molecule has 88 valence electrons. The van der Waals surface area contributed by atoms with Crippen LogP contribution in [0.5, 0.6) is 0 Å². The van der Waals surface area contributed by atoms with Crippen molar-refractivity contribution in [1.29, 1.82) is 0 Å². The van der Waals surface area contributed by atoms with E-state index in [1.807, 2.05) is 0 Å². The summed E-state index contributed by atoms with van der Waals surface area (Å²) in [5, 5.41) is -0.331. The molecule has 0 aliphatic carbocycles. The number of esters is 1. The van der Waals surface area contributed by atoms with E-state index >= 15 is 0 Å². The quantitative estimate of drug-likeness (QED) is 0.656. The molecule has 1 aromatic heterocycles. The third kappa shape index (κ3) is 2.24. The molecule has 1 rings (SSSR count). The zero-order valence-corrected chi connectivity index (χ0v) is 9.77. The van der Waals surface area contributed by atoms with Gasteiger partial charge in [-0.05, 0) is 13.3 Å². The second-order valence-electron chi connectivity index (χ2n) is 3.03. The van der Waals surface area contributed by atoms with Crippen LogP contribution in [0.25, 0.3) is 0 Å². The highest BCUT2D eigenvalue weighted by molar-refractivity contribution is 6.30. The first-order chi connectivity index (χ1) is 7.52. The van der Waals surface area contributed by atoms with Crippen molar-refractivity contribution in [2.75, 3.05) is 12.3 Å². The van der Waals surface area contributed by atoms with Gasteiger partial charge in [0.1, 0.15) is 5.56 Å². The van der Waals surface area contributed by atoms with Gasteiger partial charge < -0.3 is 10.5 Å². The molecule has 0 spiro atoms. The van der Waals surface area contributed by atoms with Crippen molar-refractivity contribution < 1.29 is 13.9 Å². The van der Waals surface area contributed by atoms with Crippen LogP contribution in [-0.4, -0.2) is 17.6 Å². The van der Waals surface area contributed by atoms with Gasteiger partial charge in [0.15, 0.2) is 11.0 Å². The minimum absolute atomic E-state index is 0.0359. The number of rotatable bonds is 3. The van der Waals surface area contributed by atoms with Gasteiger partial charge in [0, 0.05) is 0 Å². The van der Waals surface area contributed by atoms with Crippen LogP contribution in [-0.2, 0) is 11.2 Å². The summed E-state index contributed by atoms with van der Waals surface area (Å²) in [5.41, 5.74) is 5.48. The van der Waals surface area contributed by atoms with Gasteiger partial charge in [0.05, 0.1) is 18.0 Å². The summed E-state index contributed by atoms with van der Waals surface area (Å²) >= 11 is 5.53. The average Bonchev–Trinajstić information content (AvgIpc) is 2.25. The fourth-order valence-electron chi connectivity index (χ4n) is 1.29. The summed E-state index contributed by atoms with van der Waals surface area (Å²) in [6, 6.07) is 0. The molecule has 1 heterocycles. The van der Waals surface area contributed by atoms with Crippen LogP contribution in [0, 0.1) is 5.82 Å². The fraction of sp³-hybridized carbons (Fsp3) is 0.400. The third-order valence-corrected chi connectivity index (χ3v) is 2.27. The van der Waals surface area contributed by atoms with Crippen molar-refractivity contribution in [3.63, 3.8) is 0 Å². The lowest BCUT2D eigenvalue weighted by molar-refractivity contribution is 0.0525. The number of carbonyl (C=O) groups is 1. The Kier molecular flexibility index (Phi) is 4.06. The number of nitrogen functional groups attached to an aromatic ring is 1. The van der Waals surface area contributed by atoms with Gasteiger partial charge in [-0.3, -0.25) is 0 Å². The molecule has 2 N–H and O–H groups in total. The van der Waals surface area contributed by atoms with E-state index in [2.05, 4.69) is 4.98 Å². The van der Waals surface area contributed by atoms with Gasteiger partial charge in [-0.25, -0.2) is 14.2 Å². The van der Waals surface area contributed by atoms with Crippen LogP contribution in [0.1, 0.15) is 29.9 Å². The number of hydrogen-bond acceptors (Lipinski definition) is 4. The number of ether oxygens (including phenoxy) is 1. The maximum atomic E-state index is 13.4. The molecule has 16 heavy (non-hydrogen) atoms. The Morgan fingerprint density at radius 1 is 1.56 bits per heavy atom. The van der Waals surface area contributed by atoms with Crippen molar-refractivity contribution in [3.8, 4) is 0 Å². The van der Waals surface area contributed by atoms with Crippen molar-refractivity contribution in [2.24, 2.45) is 0 Å². The number of pyridine rings is 1. The Morgan fingerprint density at radius 2 is 2.19 bits per heavy atom. The molecule has 6 heteroatoms. The first-order valence-corrected chi connectivity index (χ1v) is 5.21. The molecule has 4 nitrogen and oxygen atoms in total. The van der Waals surface area contributed by atoms with E-state index in [1.54, 1.807) is 13.8 Å². The number of anilines is 1. The molecule has 0 aliphatic heterocycles. The van der Waals surface area contributed by atoms with Crippen molar-refractivity contribution in [2.45, 2.75) is 20.3 Å². The molecule has 0 unspecified atom stereocenters. The lowest BCUT2D eigenvalue weighted by atomic mass is 10.1. The van der Waals surface area contributed by atoms with Crippen molar-refractivity contribution in [1.82, 2.24) is 4.98 Å². The second-order valence-corrected chi connectivity index (χ2v) is 3.38. The summed E-state index contributed by atoms with van der Waals surface area (Å²) in [6.45, 7) is 3.60. The van der Waals surface area contributed by atoms with Crippen LogP contribution in [0.4, 0.5) is 10.1 Å². The minimum Gasteiger partial charge on any atom is -0.462 e. The highest BCUT2D eigenvalue weighted by atomic mass is 35.5. The molecule has 0 radical (unpaired) electrons. The number of nitrogens with two attached hydrogens (primary N) is 1. The van der Waals surface area contributed by atoms with E-state index in [-0.39, 0.29) is 23.0 Å². The SMILES string of the molecule is CCOC(=O)c1c(CC)nc(Cl)c(F)c1N. The first-order valence-electron chi connectivity index (χ1n) is 4.83. The van der Waals surface area contributed by atoms with E-state index in [4.69, 9.17) is 22.1 Å². The summed E-state index contributed by atoms with van der Waals surface area (Å²) in [6.07, 6.45) is 0.415. The number of aromatic nitrogens is 1. The van der Waals surface area contributed by atoms with Crippen LogP contribution in [0.2, 0.25) is 5.15 Å². The minimum atomic E-state index is -0.887. The molecule has 0 saturated carbocycles. The molecule has 1 aromatic rings. The number of hydrogen-bond donors (Lipinski definition) is 1. The molecule has 0 saturated heterocycles. The second kappa shape index (κ2) is 5.12. The fourth-order valence-corrected chi connectivity index (χ4v) is 1.49. The van der Waals surface area contributed by atoms with Gasteiger partial charge in [-0.2, -0.15) is 0 Å². The topological polar surface area (TPSA) is 65.2 Å². The Bertz CT molecular complexity index is 424. The van der Waals surface area contributed by atoms with E-state index in [0.717, 1.165) is 0 Å². The molecule has 0 fully saturated rings. The molecule has 0 amide bonds. The zero-order valence-electron chi connectivity index (χ0n) is 9.01.